The first-order valence-electron chi connectivity index (χ1n) is 1.10. The van der Waals surface area contributed by atoms with Crippen LogP contribution in [-0.4, -0.2) is 43.0 Å². The summed E-state index contributed by atoms with van der Waals surface area (Å²) in [6, 6.07) is 0. The van der Waals surface area contributed by atoms with Crippen LogP contribution in [-0.2, 0) is 4.79 Å². The molecule has 0 amide bonds. The van der Waals surface area contributed by atoms with E-state index < -0.39 is 5.97 Å². The molecule has 0 aliphatic rings. The second-order valence-corrected chi connectivity index (χ2v) is 0.868. The van der Waals surface area contributed by atoms with E-state index in [1.807, 2.05) is 0 Å². The summed E-state index contributed by atoms with van der Waals surface area (Å²) in [5.74, 6) is -0.965. The van der Waals surface area contributed by atoms with Gasteiger partial charge in [0.05, 0.1) is 5.75 Å². The molecule has 3 radical (unpaired) electrons. The normalized spacial score (nSPS) is 6.17. The molecule has 0 aromatic rings. The van der Waals surface area contributed by atoms with Crippen molar-refractivity contribution in [2.45, 2.75) is 0 Å². The summed E-state index contributed by atoms with van der Waals surface area (Å²) in [4.78, 5) is 9.29. The third-order valence-electron chi connectivity index (χ3n) is 0.135. The molecule has 0 heterocycles. The largest absolute Gasteiger partial charge is 0.481 e. The number of thiol groups is 1. The van der Waals surface area contributed by atoms with Crippen molar-refractivity contribution in [3.05, 3.63) is 0 Å². The van der Waals surface area contributed by atoms with Crippen molar-refractivity contribution >= 4 is 44.8 Å². The second kappa shape index (κ2) is 5.70. The average molecular weight is 301 g/mol. The van der Waals surface area contributed by atoms with E-state index in [4.69, 9.17) is 5.11 Å². The van der Waals surface area contributed by atoms with Crippen molar-refractivity contribution in [1.29, 1.82) is 0 Å². The summed E-state index contributed by atoms with van der Waals surface area (Å²) in [5, 5.41) is 7.65. The van der Waals surface area contributed by atoms with E-state index in [0.29, 0.717) is 0 Å². The van der Waals surface area contributed by atoms with E-state index in [2.05, 4.69) is 12.6 Å². The predicted molar refractivity (Wildman–Crippen MR) is 27.2 cm³/mol. The molecule has 2 nitrogen and oxygen atoms in total. The minimum absolute atomic E-state index is 0. The van der Waals surface area contributed by atoms with Gasteiger partial charge in [0, 0.05) is 26.2 Å². The topological polar surface area (TPSA) is 37.3 Å². The Hall–Kier alpha value is 0.703. The number of carbonyl (C=O) groups is 1. The van der Waals surface area contributed by atoms with Crippen molar-refractivity contribution in [3.8, 4) is 0 Å². The molecule has 1 N–H and O–H groups in total. The van der Waals surface area contributed by atoms with Gasteiger partial charge in [-0.3, -0.25) is 4.79 Å². The molecule has 35 valence electrons. The van der Waals surface area contributed by atoms with Crippen LogP contribution in [0, 0.1) is 0 Å². The molecule has 0 aromatic heterocycles. The Morgan fingerprint density at radius 2 is 2.00 bits per heavy atom. The molecule has 0 atom stereocenters. The monoisotopic (exact) mass is 301 g/mol. The van der Waals surface area contributed by atoms with Crippen LogP contribution in [0.2, 0.25) is 0 Å². The van der Waals surface area contributed by atoms with Gasteiger partial charge in [-0.25, -0.2) is 0 Å². The van der Waals surface area contributed by atoms with Gasteiger partial charge in [0.15, 0.2) is 0 Å². The second-order valence-electron chi connectivity index (χ2n) is 0.552. The van der Waals surface area contributed by atoms with Gasteiger partial charge in [0.1, 0.15) is 0 Å². The van der Waals surface area contributed by atoms with E-state index in [1.165, 1.54) is 0 Å². The predicted octanol–water partition coefficient (Wildman–Crippen LogP) is -0.380. The number of hydrogen-bond donors (Lipinski definition) is 2. The third kappa shape index (κ3) is 8.83. The van der Waals surface area contributed by atoms with Crippen molar-refractivity contribution in [1.82, 2.24) is 0 Å². The molecule has 0 aliphatic heterocycles. The summed E-state index contributed by atoms with van der Waals surface area (Å²) < 4.78 is 0. The maximum absolute atomic E-state index is 9.29. The van der Waals surface area contributed by atoms with Crippen LogP contribution in [0.4, 0.5) is 0 Å². The Balaban J connectivity index is 0. The zero-order chi connectivity index (χ0) is 4.28. The summed E-state index contributed by atoms with van der Waals surface area (Å²) in [6.45, 7) is 0. The van der Waals surface area contributed by atoms with Crippen LogP contribution in [0.1, 0.15) is 0 Å². The minimum Gasteiger partial charge on any atom is -0.481 e. The van der Waals surface area contributed by atoms with Gasteiger partial charge >= 0.3 is 5.97 Å². The van der Waals surface area contributed by atoms with E-state index >= 15 is 0 Å². The van der Waals surface area contributed by atoms with Crippen molar-refractivity contribution < 1.29 is 9.90 Å². The van der Waals surface area contributed by atoms with E-state index in [-0.39, 0.29) is 32.0 Å². The number of carboxylic acid groups (broad SMARTS) is 1. The molecule has 4 heteroatoms. The molecule has 0 saturated heterocycles. The first-order chi connectivity index (χ1) is 2.27. The summed E-state index contributed by atoms with van der Waals surface area (Å²) in [5.41, 5.74) is 0. The zero-order valence-electron chi connectivity index (χ0n) is 2.96. The smallest absolute Gasteiger partial charge is 0.313 e. The van der Waals surface area contributed by atoms with Crippen molar-refractivity contribution in [2.75, 3.05) is 5.75 Å². The summed E-state index contributed by atoms with van der Waals surface area (Å²) in [6.07, 6.45) is 0. The van der Waals surface area contributed by atoms with Crippen LogP contribution in [0.5, 0.6) is 0 Å². The van der Waals surface area contributed by atoms with Gasteiger partial charge in [-0.1, -0.05) is 0 Å². The molecule has 0 aromatic carbocycles. The number of rotatable bonds is 1. The molecule has 0 fully saturated rings. The van der Waals surface area contributed by atoms with E-state index in [1.54, 1.807) is 0 Å². The maximum atomic E-state index is 9.29. The summed E-state index contributed by atoms with van der Waals surface area (Å²) >= 11 is 3.42. The van der Waals surface area contributed by atoms with Gasteiger partial charge in [-0.05, 0) is 0 Å². The first-order valence-corrected chi connectivity index (χ1v) is 1.73. The van der Waals surface area contributed by atoms with Gasteiger partial charge in [-0.15, -0.1) is 0 Å². The van der Waals surface area contributed by atoms with Gasteiger partial charge in [0.2, 0.25) is 0 Å². The number of aliphatic carboxylic acids is 1. The van der Waals surface area contributed by atoms with Crippen LogP contribution >= 0.6 is 12.6 Å². The van der Waals surface area contributed by atoms with Gasteiger partial charge < -0.3 is 5.11 Å². The fraction of sp³-hybridized carbons (Fsp3) is 0.500. The van der Waals surface area contributed by atoms with E-state index in [9.17, 15) is 4.79 Å². The van der Waals surface area contributed by atoms with Gasteiger partial charge in [0.25, 0.3) is 0 Å². The Bertz CT molecular complexity index is 46.8. The number of carboxylic acids is 1. The fourth-order valence-corrected chi connectivity index (χ4v) is 0. The molecule has 0 bridgehead atoms. The van der Waals surface area contributed by atoms with E-state index in [0.717, 1.165) is 0 Å². The average Bonchev–Trinajstić information content (AvgIpc) is 1.38. The first kappa shape index (κ1) is 9.86. The molecule has 0 saturated carbocycles. The van der Waals surface area contributed by atoms with Crippen LogP contribution in [0.3, 0.4) is 0 Å². The molecular formula is C2H4BiO2S. The third-order valence-corrected chi connectivity index (χ3v) is 0.406. The van der Waals surface area contributed by atoms with Crippen LogP contribution < -0.4 is 0 Å². The molecule has 6 heavy (non-hydrogen) atoms. The Morgan fingerprint density at radius 1 is 1.83 bits per heavy atom. The minimum atomic E-state index is -0.881. The molecule has 0 aliphatic carbocycles. The van der Waals surface area contributed by atoms with Gasteiger partial charge in [-0.2, -0.15) is 12.6 Å². The van der Waals surface area contributed by atoms with Crippen LogP contribution in [0.25, 0.3) is 0 Å². The Labute approximate surface area is 60.5 Å². The molecular weight excluding hydrogens is 297 g/mol. The molecule has 0 unspecified atom stereocenters. The van der Waals surface area contributed by atoms with Crippen molar-refractivity contribution in [2.24, 2.45) is 0 Å². The fourth-order valence-electron chi connectivity index (χ4n) is 0. The summed E-state index contributed by atoms with van der Waals surface area (Å²) in [7, 11) is 0. The molecule has 0 rings (SSSR count). The van der Waals surface area contributed by atoms with Crippen molar-refractivity contribution in [3.63, 3.8) is 0 Å². The standard InChI is InChI=1S/C2H4O2S.Bi/c3-2(4)1-5;/h5H,1H2,(H,3,4);. The Kier molecular flexibility index (Phi) is 9.37. The SMILES string of the molecule is O=C(O)CS.[Bi]. The number of hydrogen-bond acceptors (Lipinski definition) is 2. The maximum Gasteiger partial charge on any atom is 0.313 e. The zero-order valence-corrected chi connectivity index (χ0v) is 7.33. The van der Waals surface area contributed by atoms with Crippen LogP contribution in [0.15, 0.2) is 0 Å². The Morgan fingerprint density at radius 3 is 2.00 bits per heavy atom. The molecule has 0 spiro atoms. The quantitative estimate of drug-likeness (QED) is 0.512.